The van der Waals surface area contributed by atoms with Crippen molar-refractivity contribution in [2.75, 3.05) is 13.1 Å². The Labute approximate surface area is 146 Å². The molecule has 1 atom stereocenters. The second-order valence-electron chi connectivity index (χ2n) is 6.44. The maximum Gasteiger partial charge on any atom is 0.272 e. The number of nitrogens with zero attached hydrogens (tertiary/aromatic N) is 5. The van der Waals surface area contributed by atoms with Crippen molar-refractivity contribution in [2.24, 2.45) is 5.92 Å². The highest BCUT2D eigenvalue weighted by Gasteiger charge is 2.28. The highest BCUT2D eigenvalue weighted by molar-refractivity contribution is 5.92. The van der Waals surface area contributed by atoms with Gasteiger partial charge in [0.2, 0.25) is 0 Å². The minimum atomic E-state index is 0.0220. The Morgan fingerprint density at radius 2 is 2.08 bits per heavy atom. The predicted molar refractivity (Wildman–Crippen MR) is 95.2 cm³/mol. The number of rotatable bonds is 4. The van der Waals surface area contributed by atoms with Crippen LogP contribution in [-0.4, -0.2) is 43.4 Å². The van der Waals surface area contributed by atoms with Crippen LogP contribution in [0.15, 0.2) is 42.7 Å². The monoisotopic (exact) mass is 335 g/mol. The van der Waals surface area contributed by atoms with Crippen molar-refractivity contribution in [3.05, 3.63) is 54.2 Å². The second-order valence-corrected chi connectivity index (χ2v) is 6.44. The molecule has 0 N–H and O–H groups in total. The second kappa shape index (κ2) is 6.63. The molecule has 0 aromatic carbocycles. The number of hydrogen-bond acceptors (Lipinski definition) is 4. The summed E-state index contributed by atoms with van der Waals surface area (Å²) in [4.78, 5) is 27.8. The van der Waals surface area contributed by atoms with Crippen molar-refractivity contribution in [1.82, 2.24) is 24.4 Å². The van der Waals surface area contributed by atoms with E-state index in [2.05, 4.69) is 21.5 Å². The van der Waals surface area contributed by atoms with Crippen LogP contribution in [0.2, 0.25) is 0 Å². The van der Waals surface area contributed by atoms with Gasteiger partial charge in [0.15, 0.2) is 5.65 Å². The Kier molecular flexibility index (Phi) is 4.17. The highest BCUT2D eigenvalue weighted by atomic mass is 16.2. The summed E-state index contributed by atoms with van der Waals surface area (Å²) in [5.74, 6) is 1.51. The molecule has 1 aliphatic rings. The van der Waals surface area contributed by atoms with Gasteiger partial charge < -0.3 is 9.47 Å². The molecule has 1 saturated heterocycles. The third-order valence-electron chi connectivity index (χ3n) is 4.83. The zero-order valence-corrected chi connectivity index (χ0v) is 14.3. The fourth-order valence-electron chi connectivity index (χ4n) is 3.59. The number of carbonyl (C=O) groups excluding carboxylic acids is 1. The van der Waals surface area contributed by atoms with Crippen molar-refractivity contribution < 1.29 is 4.79 Å². The molecule has 3 aromatic rings. The number of imidazole rings is 1. The Balaban J connectivity index is 1.49. The van der Waals surface area contributed by atoms with Gasteiger partial charge in [0.05, 0.1) is 0 Å². The first kappa shape index (κ1) is 15.7. The van der Waals surface area contributed by atoms with E-state index in [1.165, 1.54) is 0 Å². The van der Waals surface area contributed by atoms with E-state index < -0.39 is 0 Å². The van der Waals surface area contributed by atoms with Crippen LogP contribution in [0, 0.1) is 5.92 Å². The van der Waals surface area contributed by atoms with Crippen molar-refractivity contribution in [2.45, 2.75) is 26.3 Å². The Hall–Kier alpha value is -2.76. The topological polar surface area (TPSA) is 63.9 Å². The molecule has 0 spiro atoms. The number of aromatic nitrogens is 4. The molecule has 1 fully saturated rings. The van der Waals surface area contributed by atoms with E-state index in [1.807, 2.05) is 35.4 Å². The molecule has 0 saturated carbocycles. The lowest BCUT2D eigenvalue weighted by Gasteiger charge is -2.16. The zero-order valence-electron chi connectivity index (χ0n) is 14.3. The van der Waals surface area contributed by atoms with E-state index in [9.17, 15) is 4.79 Å². The Morgan fingerprint density at radius 3 is 2.88 bits per heavy atom. The van der Waals surface area contributed by atoms with Crippen molar-refractivity contribution in [1.29, 1.82) is 0 Å². The summed E-state index contributed by atoms with van der Waals surface area (Å²) >= 11 is 0. The summed E-state index contributed by atoms with van der Waals surface area (Å²) < 4.78 is 2.18. The van der Waals surface area contributed by atoms with Gasteiger partial charge in [-0.05, 0) is 43.5 Å². The summed E-state index contributed by atoms with van der Waals surface area (Å²) in [5, 5.41) is 0. The Morgan fingerprint density at radius 1 is 1.20 bits per heavy atom. The number of aryl methyl sites for hydroxylation is 1. The molecular formula is C19H21N5O. The van der Waals surface area contributed by atoms with Gasteiger partial charge in [-0.2, -0.15) is 0 Å². The largest absolute Gasteiger partial charge is 0.337 e. The smallest absolute Gasteiger partial charge is 0.272 e. The van der Waals surface area contributed by atoms with Crippen LogP contribution in [0.3, 0.4) is 0 Å². The average Bonchev–Trinajstić information content (AvgIpc) is 3.26. The number of pyridine rings is 2. The molecule has 1 aliphatic heterocycles. The molecule has 1 amide bonds. The molecule has 4 heterocycles. The summed E-state index contributed by atoms with van der Waals surface area (Å²) in [6, 6.07) is 9.38. The molecular weight excluding hydrogens is 314 g/mol. The maximum absolute atomic E-state index is 12.5. The maximum atomic E-state index is 12.5. The lowest BCUT2D eigenvalue weighted by Crippen LogP contribution is -2.29. The first-order chi connectivity index (χ1) is 12.3. The molecule has 128 valence electrons. The van der Waals surface area contributed by atoms with Crippen LogP contribution in [-0.2, 0) is 13.0 Å². The summed E-state index contributed by atoms with van der Waals surface area (Å²) in [5.41, 5.74) is 2.41. The number of likely N-dealkylation sites (tertiary alicyclic amines) is 1. The van der Waals surface area contributed by atoms with Crippen molar-refractivity contribution in [3.63, 3.8) is 0 Å². The number of carbonyl (C=O) groups is 1. The molecule has 0 bridgehead atoms. The third-order valence-corrected chi connectivity index (χ3v) is 4.83. The van der Waals surface area contributed by atoms with E-state index in [0.29, 0.717) is 11.6 Å². The molecule has 25 heavy (non-hydrogen) atoms. The molecule has 0 unspecified atom stereocenters. The minimum absolute atomic E-state index is 0.0220. The van der Waals surface area contributed by atoms with Gasteiger partial charge >= 0.3 is 0 Å². The van der Waals surface area contributed by atoms with Crippen LogP contribution in [0.4, 0.5) is 0 Å². The standard InChI is InChI=1S/C19H21N5O/c1-2-24-17(22-15-7-5-10-21-18(15)24)12-14-8-11-23(13-14)19(25)16-6-3-4-9-20-16/h3-7,9-10,14H,2,8,11-13H2,1H3/t14-/m1/s1. The summed E-state index contributed by atoms with van der Waals surface area (Å²) in [6.07, 6.45) is 5.34. The van der Waals surface area contributed by atoms with Gasteiger partial charge in [-0.25, -0.2) is 9.97 Å². The zero-order chi connectivity index (χ0) is 17.2. The number of amides is 1. The van der Waals surface area contributed by atoms with Gasteiger partial charge in [0.25, 0.3) is 5.91 Å². The lowest BCUT2D eigenvalue weighted by atomic mass is 10.0. The van der Waals surface area contributed by atoms with Crippen molar-refractivity contribution >= 4 is 17.1 Å². The van der Waals surface area contributed by atoms with Crippen LogP contribution in [0.5, 0.6) is 0 Å². The highest BCUT2D eigenvalue weighted by Crippen LogP contribution is 2.23. The van der Waals surface area contributed by atoms with E-state index in [-0.39, 0.29) is 5.91 Å². The molecule has 0 aliphatic carbocycles. The van der Waals surface area contributed by atoms with Gasteiger partial charge in [-0.3, -0.25) is 9.78 Å². The first-order valence-corrected chi connectivity index (χ1v) is 8.76. The Bertz CT molecular complexity index is 889. The van der Waals surface area contributed by atoms with E-state index >= 15 is 0 Å². The van der Waals surface area contributed by atoms with Crippen LogP contribution >= 0.6 is 0 Å². The molecule has 3 aromatic heterocycles. The summed E-state index contributed by atoms with van der Waals surface area (Å²) in [7, 11) is 0. The van der Waals surface area contributed by atoms with Gasteiger partial charge in [-0.15, -0.1) is 0 Å². The molecule has 6 heteroatoms. The normalized spacial score (nSPS) is 17.3. The van der Waals surface area contributed by atoms with E-state index in [4.69, 9.17) is 4.98 Å². The van der Waals surface area contributed by atoms with Gasteiger partial charge in [0, 0.05) is 38.4 Å². The lowest BCUT2D eigenvalue weighted by molar-refractivity contribution is 0.0781. The van der Waals surface area contributed by atoms with E-state index in [0.717, 1.165) is 49.5 Å². The molecule has 6 nitrogen and oxygen atoms in total. The summed E-state index contributed by atoms with van der Waals surface area (Å²) in [6.45, 7) is 4.51. The predicted octanol–water partition coefficient (Wildman–Crippen LogP) is 2.55. The van der Waals surface area contributed by atoms with Crippen LogP contribution in [0.1, 0.15) is 29.7 Å². The van der Waals surface area contributed by atoms with Crippen LogP contribution < -0.4 is 0 Å². The van der Waals surface area contributed by atoms with Gasteiger partial charge in [-0.1, -0.05) is 6.07 Å². The molecule has 0 radical (unpaired) electrons. The first-order valence-electron chi connectivity index (χ1n) is 8.76. The number of fused-ring (bicyclic) bond motifs is 1. The third kappa shape index (κ3) is 2.99. The van der Waals surface area contributed by atoms with Gasteiger partial charge in [0.1, 0.15) is 17.0 Å². The van der Waals surface area contributed by atoms with Crippen molar-refractivity contribution in [3.8, 4) is 0 Å². The number of hydrogen-bond donors (Lipinski definition) is 0. The fourth-order valence-corrected chi connectivity index (χ4v) is 3.59. The van der Waals surface area contributed by atoms with Crippen LogP contribution in [0.25, 0.3) is 11.2 Å². The SMILES string of the molecule is CCn1c(C[C@H]2CCN(C(=O)c3ccccn3)C2)nc2cccnc21. The minimum Gasteiger partial charge on any atom is -0.337 e. The molecule has 4 rings (SSSR count). The van der Waals surface area contributed by atoms with E-state index in [1.54, 1.807) is 12.3 Å². The average molecular weight is 335 g/mol. The quantitative estimate of drug-likeness (QED) is 0.735. The fraction of sp³-hybridized carbons (Fsp3) is 0.368.